The van der Waals surface area contributed by atoms with Crippen LogP contribution in [0, 0.1) is 5.82 Å². The molecule has 1 unspecified atom stereocenters. The summed E-state index contributed by atoms with van der Waals surface area (Å²) in [6.45, 7) is 0. The van der Waals surface area contributed by atoms with Crippen LogP contribution in [-0.4, -0.2) is 21.8 Å². The molecule has 0 heterocycles. The first-order valence-electron chi connectivity index (χ1n) is 3.65. The Morgan fingerprint density at radius 1 is 1.60 bits per heavy atom. The van der Waals surface area contributed by atoms with Crippen molar-refractivity contribution in [3.8, 4) is 0 Å². The molecule has 1 aromatic carbocycles. The van der Waals surface area contributed by atoms with Gasteiger partial charge in [0, 0.05) is 0 Å². The van der Waals surface area contributed by atoms with E-state index in [1.54, 1.807) is 0 Å². The molecule has 1 N–H and O–H groups in total. The van der Waals surface area contributed by atoms with Crippen molar-refractivity contribution in [2.75, 3.05) is 7.11 Å². The zero-order valence-electron chi connectivity index (χ0n) is 7.49. The van der Waals surface area contributed by atoms with E-state index in [-0.39, 0.29) is 10.6 Å². The number of carbonyl (C=O) groups excluding carboxylic acids is 1. The third-order valence-corrected chi connectivity index (χ3v) is 2.62. The van der Waals surface area contributed by atoms with E-state index in [1.807, 2.05) is 0 Å². The molecule has 0 aliphatic heterocycles. The fourth-order valence-corrected chi connectivity index (χ4v) is 1.60. The molecule has 0 aliphatic carbocycles. The summed E-state index contributed by atoms with van der Waals surface area (Å²) in [5.41, 5.74) is -0.155. The van der Waals surface area contributed by atoms with Crippen LogP contribution in [0.5, 0.6) is 0 Å². The van der Waals surface area contributed by atoms with Crippen molar-refractivity contribution in [3.05, 3.63) is 28.5 Å². The monoisotopic (exact) mass is 252 g/mol. The lowest BCUT2D eigenvalue weighted by Crippen LogP contribution is -2.05. The van der Waals surface area contributed by atoms with Crippen molar-refractivity contribution < 1.29 is 22.7 Å². The molecule has 0 fully saturated rings. The van der Waals surface area contributed by atoms with Crippen LogP contribution in [0.1, 0.15) is 10.4 Å². The normalized spacial score (nSPS) is 12.3. The Morgan fingerprint density at radius 2 is 2.20 bits per heavy atom. The number of benzene rings is 1. The van der Waals surface area contributed by atoms with Crippen LogP contribution in [0.4, 0.5) is 4.39 Å². The van der Waals surface area contributed by atoms with Crippen molar-refractivity contribution in [2.45, 2.75) is 4.90 Å². The summed E-state index contributed by atoms with van der Waals surface area (Å²) >= 11 is 3.04. The lowest BCUT2D eigenvalue weighted by molar-refractivity contribution is 0.0600. The zero-order valence-corrected chi connectivity index (χ0v) is 9.06. The molecular weight excluding hydrogens is 247 g/mol. The van der Waals surface area contributed by atoms with Crippen molar-refractivity contribution in [2.24, 2.45) is 0 Å². The highest BCUT2D eigenvalue weighted by atomic mass is 35.5. The van der Waals surface area contributed by atoms with Gasteiger partial charge < -0.3 is 9.29 Å². The molecule has 82 valence electrons. The minimum atomic E-state index is -2.52. The summed E-state index contributed by atoms with van der Waals surface area (Å²) in [6, 6.07) is 1.68. The fraction of sp³-hybridized carbons (Fsp3) is 0.125. The molecule has 0 saturated carbocycles. The van der Waals surface area contributed by atoms with E-state index >= 15 is 0 Å². The van der Waals surface area contributed by atoms with E-state index in [0.29, 0.717) is 0 Å². The van der Waals surface area contributed by atoms with Crippen molar-refractivity contribution >= 4 is 28.7 Å². The van der Waals surface area contributed by atoms with Gasteiger partial charge in [-0.15, -0.1) is 0 Å². The molecule has 0 saturated heterocycles. The van der Waals surface area contributed by atoms with Gasteiger partial charge in [0.05, 0.1) is 17.7 Å². The Morgan fingerprint density at radius 3 is 2.67 bits per heavy atom. The van der Waals surface area contributed by atoms with E-state index in [0.717, 1.165) is 19.2 Å². The second kappa shape index (κ2) is 4.69. The number of hydrogen-bond acceptors (Lipinski definition) is 3. The van der Waals surface area contributed by atoms with E-state index in [1.165, 1.54) is 0 Å². The van der Waals surface area contributed by atoms with Crippen LogP contribution in [-0.2, 0) is 15.8 Å². The third kappa shape index (κ3) is 2.53. The van der Waals surface area contributed by atoms with E-state index < -0.39 is 27.8 Å². The molecule has 1 atom stereocenters. The molecular formula is C8H6ClFO4S. The van der Waals surface area contributed by atoms with Crippen LogP contribution in [0.25, 0.3) is 0 Å². The Labute approximate surface area is 92.3 Å². The Bertz CT molecular complexity index is 435. The molecule has 15 heavy (non-hydrogen) atoms. The highest BCUT2D eigenvalue weighted by Crippen LogP contribution is 2.23. The van der Waals surface area contributed by atoms with Gasteiger partial charge in [0.2, 0.25) is 0 Å². The van der Waals surface area contributed by atoms with Crippen LogP contribution < -0.4 is 0 Å². The lowest BCUT2D eigenvalue weighted by atomic mass is 10.2. The standard InChI is InChI=1S/C8H6ClFO4S/c1-14-8(11)4-2-7(15(12)13)6(10)3-5(4)9/h2-3H,1H3,(H,12,13). The summed E-state index contributed by atoms with van der Waals surface area (Å²) in [5, 5.41) is -0.173. The van der Waals surface area contributed by atoms with Gasteiger partial charge in [-0.05, 0) is 12.1 Å². The molecule has 7 heteroatoms. The van der Waals surface area contributed by atoms with Crippen LogP contribution in [0.2, 0.25) is 5.02 Å². The predicted octanol–water partition coefficient (Wildman–Crippen LogP) is 1.85. The van der Waals surface area contributed by atoms with Gasteiger partial charge in [0.1, 0.15) is 10.7 Å². The molecule has 1 aromatic rings. The molecule has 0 amide bonds. The topological polar surface area (TPSA) is 63.6 Å². The number of rotatable bonds is 2. The SMILES string of the molecule is COC(=O)c1cc(S(=O)O)c(F)cc1Cl. The van der Waals surface area contributed by atoms with E-state index in [9.17, 15) is 13.4 Å². The second-order valence-electron chi connectivity index (χ2n) is 2.50. The van der Waals surface area contributed by atoms with Gasteiger partial charge in [0.25, 0.3) is 0 Å². The average Bonchev–Trinajstić information content (AvgIpc) is 2.16. The maximum atomic E-state index is 13.1. The Balaban J connectivity index is 3.36. The van der Waals surface area contributed by atoms with Crippen LogP contribution >= 0.6 is 11.6 Å². The minimum absolute atomic E-state index is 0.155. The van der Waals surface area contributed by atoms with E-state index in [2.05, 4.69) is 4.74 Å². The first kappa shape index (κ1) is 12.1. The quantitative estimate of drug-likeness (QED) is 0.644. The second-order valence-corrected chi connectivity index (χ2v) is 3.85. The molecule has 0 aliphatic rings. The maximum Gasteiger partial charge on any atom is 0.339 e. The number of esters is 1. The maximum absolute atomic E-state index is 13.1. The largest absolute Gasteiger partial charge is 0.465 e. The van der Waals surface area contributed by atoms with Gasteiger partial charge in [0.15, 0.2) is 11.1 Å². The van der Waals surface area contributed by atoms with Gasteiger partial charge in [-0.25, -0.2) is 13.4 Å². The lowest BCUT2D eigenvalue weighted by Gasteiger charge is -2.04. The summed E-state index contributed by atoms with van der Waals surface area (Å²) < 4.78 is 36.8. The van der Waals surface area contributed by atoms with Gasteiger partial charge in [-0.1, -0.05) is 11.6 Å². The summed E-state index contributed by atoms with van der Waals surface area (Å²) in [6.07, 6.45) is 0. The summed E-state index contributed by atoms with van der Waals surface area (Å²) in [5.74, 6) is -1.75. The molecule has 0 spiro atoms. The average molecular weight is 253 g/mol. The first-order valence-corrected chi connectivity index (χ1v) is 5.14. The summed E-state index contributed by atoms with van der Waals surface area (Å²) in [4.78, 5) is 10.6. The van der Waals surface area contributed by atoms with Crippen molar-refractivity contribution in [1.29, 1.82) is 0 Å². The Kier molecular flexibility index (Phi) is 3.78. The number of ether oxygens (including phenoxy) is 1. The molecule has 0 aromatic heterocycles. The number of methoxy groups -OCH3 is 1. The van der Waals surface area contributed by atoms with Gasteiger partial charge >= 0.3 is 5.97 Å². The van der Waals surface area contributed by atoms with Gasteiger partial charge in [-0.2, -0.15) is 0 Å². The minimum Gasteiger partial charge on any atom is -0.465 e. The van der Waals surface area contributed by atoms with E-state index in [4.69, 9.17) is 16.2 Å². The fourth-order valence-electron chi connectivity index (χ4n) is 0.929. The van der Waals surface area contributed by atoms with Gasteiger partial charge in [-0.3, -0.25) is 0 Å². The third-order valence-electron chi connectivity index (χ3n) is 1.62. The first-order chi connectivity index (χ1) is 6.97. The number of halogens is 2. The zero-order chi connectivity index (χ0) is 11.6. The highest BCUT2D eigenvalue weighted by molar-refractivity contribution is 7.79. The van der Waals surface area contributed by atoms with Crippen LogP contribution in [0.15, 0.2) is 17.0 Å². The Hall–Kier alpha value is -0.980. The molecule has 0 bridgehead atoms. The molecule has 1 rings (SSSR count). The van der Waals surface area contributed by atoms with Crippen molar-refractivity contribution in [3.63, 3.8) is 0 Å². The number of hydrogen-bond donors (Lipinski definition) is 1. The number of carbonyl (C=O) groups is 1. The molecule has 0 radical (unpaired) electrons. The highest BCUT2D eigenvalue weighted by Gasteiger charge is 2.17. The smallest absolute Gasteiger partial charge is 0.339 e. The molecule has 4 nitrogen and oxygen atoms in total. The predicted molar refractivity (Wildman–Crippen MR) is 51.8 cm³/mol. The summed E-state index contributed by atoms with van der Waals surface area (Å²) in [7, 11) is 1.12. The van der Waals surface area contributed by atoms with Crippen molar-refractivity contribution in [1.82, 2.24) is 0 Å². The van der Waals surface area contributed by atoms with Crippen LogP contribution in [0.3, 0.4) is 0 Å².